The van der Waals surface area contributed by atoms with Crippen molar-refractivity contribution in [2.45, 2.75) is 84.1 Å². The second-order valence-electron chi connectivity index (χ2n) is 7.75. The largest absolute Gasteiger partial charge is 0.359 e. The molecule has 0 aromatic rings. The van der Waals surface area contributed by atoms with Gasteiger partial charge in [0.05, 0.1) is 6.10 Å². The minimum Gasteiger partial charge on any atom is -0.359 e. The number of nitrogens with zero attached hydrogens (tertiary/aromatic N) is 1. The zero-order valence-corrected chi connectivity index (χ0v) is 13.2. The number of piperidine rings is 1. The van der Waals surface area contributed by atoms with Gasteiger partial charge in [-0.25, -0.2) is 0 Å². The lowest BCUT2D eigenvalue weighted by Gasteiger charge is -2.60. The van der Waals surface area contributed by atoms with E-state index in [1.807, 2.05) is 0 Å². The van der Waals surface area contributed by atoms with Crippen LogP contribution in [0.2, 0.25) is 0 Å². The van der Waals surface area contributed by atoms with Gasteiger partial charge in [-0.2, -0.15) is 0 Å². The molecule has 1 saturated carbocycles. The van der Waals surface area contributed by atoms with Gasteiger partial charge in [0.2, 0.25) is 0 Å². The van der Waals surface area contributed by atoms with Crippen LogP contribution >= 0.6 is 0 Å². The molecule has 19 heavy (non-hydrogen) atoms. The van der Waals surface area contributed by atoms with Crippen molar-refractivity contribution in [3.8, 4) is 0 Å². The third-order valence-corrected chi connectivity index (χ3v) is 6.22. The number of ether oxygens (including phenoxy) is 1. The van der Waals surface area contributed by atoms with E-state index in [1.165, 1.54) is 45.1 Å². The van der Waals surface area contributed by atoms with Crippen molar-refractivity contribution < 1.29 is 4.74 Å². The normalized spacial score (nSPS) is 46.4. The Balaban J connectivity index is 1.86. The van der Waals surface area contributed by atoms with Crippen LogP contribution in [0.15, 0.2) is 0 Å². The Kier molecular flexibility index (Phi) is 3.68. The van der Waals surface area contributed by atoms with Gasteiger partial charge in [-0.05, 0) is 57.8 Å². The third-order valence-electron chi connectivity index (χ3n) is 6.22. The van der Waals surface area contributed by atoms with Crippen molar-refractivity contribution in [3.63, 3.8) is 0 Å². The average Bonchev–Trinajstić information content (AvgIpc) is 2.37. The fraction of sp³-hybridized carbons (Fsp3) is 1.00. The fourth-order valence-corrected chi connectivity index (χ4v) is 4.93. The van der Waals surface area contributed by atoms with E-state index in [9.17, 15) is 0 Å². The van der Waals surface area contributed by atoms with E-state index in [0.717, 1.165) is 17.8 Å². The molecule has 2 saturated heterocycles. The van der Waals surface area contributed by atoms with Gasteiger partial charge in [0.15, 0.2) is 0 Å². The molecule has 0 radical (unpaired) electrons. The van der Waals surface area contributed by atoms with Crippen molar-refractivity contribution in [2.24, 2.45) is 17.8 Å². The van der Waals surface area contributed by atoms with Crippen LogP contribution in [0.5, 0.6) is 0 Å². The van der Waals surface area contributed by atoms with Gasteiger partial charge < -0.3 is 4.74 Å². The Morgan fingerprint density at radius 1 is 1.21 bits per heavy atom. The van der Waals surface area contributed by atoms with E-state index in [1.54, 1.807) is 0 Å². The van der Waals surface area contributed by atoms with E-state index in [-0.39, 0.29) is 0 Å². The molecule has 3 rings (SSSR count). The summed E-state index contributed by atoms with van der Waals surface area (Å²) in [4.78, 5) is 2.71. The van der Waals surface area contributed by atoms with Crippen molar-refractivity contribution in [3.05, 3.63) is 0 Å². The highest BCUT2D eigenvalue weighted by atomic mass is 16.5. The van der Waals surface area contributed by atoms with Crippen LogP contribution in [0, 0.1) is 17.8 Å². The molecule has 5 atom stereocenters. The molecule has 2 heterocycles. The minimum atomic E-state index is 0.335. The zero-order chi connectivity index (χ0) is 13.6. The van der Waals surface area contributed by atoms with Crippen LogP contribution in [-0.2, 0) is 4.74 Å². The molecule has 3 fully saturated rings. The number of rotatable bonds is 1. The van der Waals surface area contributed by atoms with E-state index >= 15 is 0 Å². The summed E-state index contributed by atoms with van der Waals surface area (Å²) >= 11 is 0. The van der Waals surface area contributed by atoms with Gasteiger partial charge in [-0.1, -0.05) is 20.3 Å². The molecule has 0 N–H and O–H groups in total. The zero-order valence-electron chi connectivity index (χ0n) is 13.2. The first-order valence-corrected chi connectivity index (χ1v) is 8.46. The molecule has 2 nitrogen and oxygen atoms in total. The molecule has 3 aliphatic rings. The minimum absolute atomic E-state index is 0.335. The maximum atomic E-state index is 6.63. The van der Waals surface area contributed by atoms with Gasteiger partial charge in [0, 0.05) is 18.0 Å². The van der Waals surface area contributed by atoms with Gasteiger partial charge in [-0.3, -0.25) is 4.90 Å². The smallest absolute Gasteiger partial charge is 0.114 e. The second-order valence-corrected chi connectivity index (χ2v) is 7.75. The summed E-state index contributed by atoms with van der Waals surface area (Å²) in [5.41, 5.74) is 0.335. The monoisotopic (exact) mass is 265 g/mol. The molecule has 0 aromatic heterocycles. The van der Waals surface area contributed by atoms with E-state index in [2.05, 4.69) is 32.6 Å². The SMILES string of the molecule is CC[C@H]1CCCN2[C@H]1O[C@@H]1C[C@H](C)CC[C@H]1C2(C)C. The summed E-state index contributed by atoms with van der Waals surface area (Å²) in [7, 11) is 0. The van der Waals surface area contributed by atoms with Crippen molar-refractivity contribution in [1.29, 1.82) is 0 Å². The van der Waals surface area contributed by atoms with Crippen LogP contribution in [0.25, 0.3) is 0 Å². The van der Waals surface area contributed by atoms with E-state index < -0.39 is 0 Å². The highest BCUT2D eigenvalue weighted by Crippen LogP contribution is 2.48. The fourth-order valence-electron chi connectivity index (χ4n) is 4.93. The Morgan fingerprint density at radius 3 is 2.74 bits per heavy atom. The van der Waals surface area contributed by atoms with Crippen molar-refractivity contribution >= 4 is 0 Å². The molecule has 0 unspecified atom stereocenters. The molecule has 0 bridgehead atoms. The Bertz CT molecular complexity index is 327. The predicted molar refractivity (Wildman–Crippen MR) is 79.0 cm³/mol. The highest BCUT2D eigenvalue weighted by molar-refractivity contribution is 5.02. The summed E-state index contributed by atoms with van der Waals surface area (Å²) in [5, 5.41) is 0. The summed E-state index contributed by atoms with van der Waals surface area (Å²) < 4.78 is 6.63. The van der Waals surface area contributed by atoms with Crippen molar-refractivity contribution in [2.75, 3.05) is 6.54 Å². The molecular weight excluding hydrogens is 234 g/mol. The van der Waals surface area contributed by atoms with Gasteiger partial charge in [-0.15, -0.1) is 0 Å². The Hall–Kier alpha value is -0.0800. The quantitative estimate of drug-likeness (QED) is 0.709. The Morgan fingerprint density at radius 2 is 2.00 bits per heavy atom. The van der Waals surface area contributed by atoms with E-state index in [4.69, 9.17) is 4.74 Å². The topological polar surface area (TPSA) is 12.5 Å². The molecule has 0 amide bonds. The van der Waals surface area contributed by atoms with Crippen LogP contribution < -0.4 is 0 Å². The Labute approximate surface area is 118 Å². The van der Waals surface area contributed by atoms with Crippen LogP contribution in [-0.4, -0.2) is 29.3 Å². The summed E-state index contributed by atoms with van der Waals surface area (Å²) in [6.45, 7) is 10.9. The van der Waals surface area contributed by atoms with Gasteiger partial charge in [0.1, 0.15) is 6.23 Å². The average molecular weight is 265 g/mol. The molecule has 1 aliphatic carbocycles. The van der Waals surface area contributed by atoms with Crippen LogP contribution in [0.4, 0.5) is 0 Å². The first kappa shape index (κ1) is 13.9. The van der Waals surface area contributed by atoms with Crippen LogP contribution in [0.1, 0.15) is 66.2 Å². The lowest BCUT2D eigenvalue weighted by Crippen LogP contribution is -2.67. The third kappa shape index (κ3) is 2.25. The summed E-state index contributed by atoms with van der Waals surface area (Å²) in [6, 6.07) is 0. The number of hydrogen-bond acceptors (Lipinski definition) is 2. The predicted octanol–water partition coefficient (Wildman–Crippen LogP) is 4.05. The highest BCUT2D eigenvalue weighted by Gasteiger charge is 2.52. The van der Waals surface area contributed by atoms with Gasteiger partial charge >= 0.3 is 0 Å². The summed E-state index contributed by atoms with van der Waals surface area (Å²) in [5.74, 6) is 2.36. The first-order chi connectivity index (χ1) is 9.04. The lowest BCUT2D eigenvalue weighted by molar-refractivity contribution is -0.260. The number of hydrogen-bond donors (Lipinski definition) is 0. The number of fused-ring (bicyclic) bond motifs is 2. The lowest BCUT2D eigenvalue weighted by atomic mass is 9.68. The second kappa shape index (κ2) is 5.04. The molecule has 2 aliphatic heterocycles. The maximum Gasteiger partial charge on any atom is 0.114 e. The first-order valence-electron chi connectivity index (χ1n) is 8.46. The van der Waals surface area contributed by atoms with Crippen molar-refractivity contribution in [1.82, 2.24) is 4.90 Å². The molecule has 0 aromatic carbocycles. The maximum absolute atomic E-state index is 6.63. The van der Waals surface area contributed by atoms with Crippen LogP contribution in [0.3, 0.4) is 0 Å². The molecular formula is C17H31NO. The van der Waals surface area contributed by atoms with E-state index in [0.29, 0.717) is 17.9 Å². The molecule has 2 heteroatoms. The standard InChI is InChI=1S/C17H31NO/c1-5-13-7-6-10-18-16(13)19-15-11-12(2)8-9-14(15)17(18,3)4/h12-16H,5-11H2,1-4H3/t12-,13+,14-,15-,16+/m1/s1. The summed E-state index contributed by atoms with van der Waals surface area (Å²) in [6.07, 6.45) is 8.95. The van der Waals surface area contributed by atoms with Gasteiger partial charge in [0.25, 0.3) is 0 Å². The molecule has 0 spiro atoms. The molecule has 110 valence electrons.